The first kappa shape index (κ1) is 90.8. The Hall–Kier alpha value is 2.27. The normalized spacial score (nSPS) is 10.7. The Morgan fingerprint density at radius 3 is 1.09 bits per heavy atom. The summed E-state index contributed by atoms with van der Waals surface area (Å²) in [4.78, 5) is 11.2. The number of imidazole rings is 3. The second-order valence-corrected chi connectivity index (χ2v) is 23.7. The standard InChI is InChI=1S/C19H41N4.C11H22N3.2C8H19BrN.C3H3N2.6BrH.Na/c1-22(2,3)17-11-7-9-13-20-15-16-21(19-20)14-10-8-12-18-23(4,5)6;1-14(2,3)10-6-4-5-8-13-9-7-12-11-13;2*1-10(2,3)8-6-4-5-7-9;1-2-5-3-4-1;;;;;;;/h15-16,19H,7-14,17-18H2,1-6H3;7,9,11H,4-6,8,10H2,1-3H3;2*4-8H2,1-3H3;1-3H;6*1H;/q+3;3*+1;-1;;;;;;;+1/p-6. The van der Waals surface area contributed by atoms with Crippen molar-refractivity contribution in [2.45, 2.75) is 116 Å². The van der Waals surface area contributed by atoms with Crippen LogP contribution in [0.5, 0.6) is 0 Å². The maximum Gasteiger partial charge on any atom is 1.00 e. The summed E-state index contributed by atoms with van der Waals surface area (Å²) in [6.45, 7) is 9.84. The van der Waals surface area contributed by atoms with Gasteiger partial charge in [0.05, 0.1) is 158 Å². The molecule has 0 aliphatic carbocycles. The maximum absolute atomic E-state index is 4.02. The number of quaternary nitrogens is 5. The quantitative estimate of drug-likeness (QED) is 0.0239. The van der Waals surface area contributed by atoms with Crippen LogP contribution in [0, 0.1) is 0 Å². The molecule has 0 bridgehead atoms. The summed E-state index contributed by atoms with van der Waals surface area (Å²) in [6.07, 6.45) is 37.1. The number of hydrogen-bond acceptors (Lipinski definition) is 2. The Morgan fingerprint density at radius 1 is 0.435 bits per heavy atom. The maximum atomic E-state index is 4.02. The van der Waals surface area contributed by atoms with Gasteiger partial charge >= 0.3 is 29.6 Å². The van der Waals surface area contributed by atoms with Crippen LogP contribution in [0.25, 0.3) is 0 Å². The van der Waals surface area contributed by atoms with Gasteiger partial charge < -0.3 is 139 Å². The molecule has 0 radical (unpaired) electrons. The van der Waals surface area contributed by atoms with Crippen molar-refractivity contribution in [3.63, 3.8) is 0 Å². The number of rotatable bonds is 28. The fourth-order valence-electron chi connectivity index (χ4n) is 6.20. The van der Waals surface area contributed by atoms with Crippen molar-refractivity contribution < 1.29 is 158 Å². The van der Waals surface area contributed by atoms with Gasteiger partial charge in [0.2, 0.25) is 6.33 Å². The van der Waals surface area contributed by atoms with Crippen molar-refractivity contribution in [3.05, 3.63) is 56.2 Å². The monoisotopic (exact) mass is 1500 g/mol. The number of aryl methyl sites for hydroxylation is 3. The summed E-state index contributed by atoms with van der Waals surface area (Å²) >= 11 is 6.85. The first-order valence-corrected chi connectivity index (χ1v) is 26.1. The Kier molecular flexibility index (Phi) is 72.4. The van der Waals surface area contributed by atoms with Crippen molar-refractivity contribution in [1.82, 2.24) is 24.1 Å². The number of halogens is 8. The van der Waals surface area contributed by atoms with Crippen LogP contribution in [0.2, 0.25) is 0 Å². The second-order valence-electron chi connectivity index (χ2n) is 22.2. The molecule has 20 heteroatoms. The van der Waals surface area contributed by atoms with E-state index in [0.717, 1.165) is 52.7 Å². The van der Waals surface area contributed by atoms with E-state index in [4.69, 9.17) is 0 Å². The first-order valence-electron chi connectivity index (χ1n) is 23.9. The van der Waals surface area contributed by atoms with Crippen molar-refractivity contribution in [3.8, 4) is 0 Å². The minimum Gasteiger partial charge on any atom is -1.00 e. The zero-order valence-corrected chi connectivity index (χ0v) is 61.5. The van der Waals surface area contributed by atoms with Gasteiger partial charge in [0.1, 0.15) is 12.4 Å². The van der Waals surface area contributed by atoms with E-state index in [1.165, 1.54) is 135 Å². The van der Waals surface area contributed by atoms with Crippen LogP contribution in [-0.2, 0) is 19.6 Å². The van der Waals surface area contributed by atoms with Crippen LogP contribution in [0.4, 0.5) is 0 Å². The van der Waals surface area contributed by atoms with Gasteiger partial charge in [-0.1, -0.05) is 50.6 Å². The molecule has 0 saturated carbocycles. The van der Waals surface area contributed by atoms with Crippen LogP contribution >= 0.6 is 31.9 Å². The van der Waals surface area contributed by atoms with E-state index in [1.54, 1.807) is 12.4 Å². The van der Waals surface area contributed by atoms with Gasteiger partial charge in [-0.15, -0.1) is 0 Å². The van der Waals surface area contributed by atoms with Crippen molar-refractivity contribution >= 4 is 31.9 Å². The Labute approximate surface area is 529 Å². The molecule has 3 aromatic rings. The molecule has 0 fully saturated rings. The van der Waals surface area contributed by atoms with E-state index < -0.39 is 0 Å². The first-order chi connectivity index (χ1) is 28.9. The molecule has 0 aliphatic heterocycles. The molecule has 3 aromatic heterocycles. The number of alkyl halides is 2. The van der Waals surface area contributed by atoms with Crippen LogP contribution < -0.4 is 141 Å². The molecule has 11 nitrogen and oxygen atoms in total. The molecule has 0 unspecified atom stereocenters. The molecule has 0 atom stereocenters. The Bertz CT molecular complexity index is 1280. The SMILES string of the molecule is C[N+](C)(C)CCCCCBr.C[N+](C)(C)CCCCCBr.C[N+](C)(C)CCCCCn1cc[n+](CCCCC[N+](C)(C)C)c1.C[N+](C)(C)CCCCCn1ccnc1.[Br-].[Br-].[Br-].[Br-].[Br-].[Br-].[Na+].c1c[n-]cn1. The molecule has 0 aliphatic rings. The van der Waals surface area contributed by atoms with Gasteiger partial charge in [-0.25, -0.2) is 14.1 Å². The van der Waals surface area contributed by atoms with Gasteiger partial charge in [0.15, 0.2) is 0 Å². The number of unbranched alkanes of at least 4 members (excludes halogenated alkanes) is 10. The predicted octanol–water partition coefficient (Wildman–Crippen LogP) is -12.1. The van der Waals surface area contributed by atoms with Gasteiger partial charge in [-0.3, -0.25) is 0 Å². The van der Waals surface area contributed by atoms with Crippen LogP contribution in [0.3, 0.4) is 0 Å². The topological polar surface area (TPSA) is 53.6 Å². The summed E-state index contributed by atoms with van der Waals surface area (Å²) < 4.78 is 12.3. The zero-order chi connectivity index (χ0) is 47.4. The van der Waals surface area contributed by atoms with E-state index in [1.807, 2.05) is 18.7 Å². The molecule has 0 N–H and O–H groups in total. The van der Waals surface area contributed by atoms with Crippen LogP contribution in [0.1, 0.15) is 96.3 Å². The average Bonchev–Trinajstić information content (AvgIpc) is 3.97. The molecule has 0 spiro atoms. The van der Waals surface area contributed by atoms with Crippen molar-refractivity contribution in [1.29, 1.82) is 0 Å². The summed E-state index contributed by atoms with van der Waals surface area (Å²) in [6, 6.07) is 0. The minimum atomic E-state index is 0. The van der Waals surface area contributed by atoms with Gasteiger partial charge in [-0.2, -0.15) is 0 Å². The zero-order valence-electron chi connectivity index (χ0n) is 46.8. The smallest absolute Gasteiger partial charge is 1.00 e. The molecule has 3 heterocycles. The van der Waals surface area contributed by atoms with Crippen LogP contribution in [0.15, 0.2) is 56.2 Å². The average molecular weight is 1510 g/mol. The van der Waals surface area contributed by atoms with Crippen LogP contribution in [-0.4, -0.2) is 191 Å². The minimum absolute atomic E-state index is 0. The molecular formula is C49H104Br8N11Na. The summed E-state index contributed by atoms with van der Waals surface area (Å²) in [7, 11) is 33.8. The Morgan fingerprint density at radius 2 is 0.797 bits per heavy atom. The number of nitrogens with zero attached hydrogens (tertiary/aromatic N) is 11. The molecule has 0 amide bonds. The van der Waals surface area contributed by atoms with Crippen molar-refractivity contribution in [2.75, 3.05) is 149 Å². The fourth-order valence-corrected chi connectivity index (χ4v) is 6.99. The molecule has 0 saturated heterocycles. The summed E-state index contributed by atoms with van der Waals surface area (Å²) in [5.41, 5.74) is 0. The number of aromatic nitrogens is 6. The van der Waals surface area contributed by atoms with E-state index in [2.05, 4.69) is 185 Å². The van der Waals surface area contributed by atoms with E-state index in [-0.39, 0.29) is 131 Å². The summed E-state index contributed by atoms with van der Waals surface area (Å²) in [5, 5.41) is 2.31. The molecule has 0 aromatic carbocycles. The number of hydrogen-bond donors (Lipinski definition) is 0. The van der Waals surface area contributed by atoms with Gasteiger partial charge in [-0.05, 0) is 96.3 Å². The predicted molar refractivity (Wildman–Crippen MR) is 276 cm³/mol. The molecular weight excluding hydrogens is 1400 g/mol. The fraction of sp³-hybridized carbons (Fsp3) is 0.816. The van der Waals surface area contributed by atoms with Gasteiger partial charge in [0.25, 0.3) is 0 Å². The molecule has 3 rings (SSSR count). The third-order valence-corrected chi connectivity index (χ3v) is 11.0. The third kappa shape index (κ3) is 79.3. The van der Waals surface area contributed by atoms with Gasteiger partial charge in [0, 0.05) is 29.6 Å². The largest absolute Gasteiger partial charge is 1.00 e. The van der Waals surface area contributed by atoms with Crippen molar-refractivity contribution in [2.24, 2.45) is 0 Å². The second kappa shape index (κ2) is 55.0. The molecule has 69 heavy (non-hydrogen) atoms. The summed E-state index contributed by atoms with van der Waals surface area (Å²) in [5.74, 6) is 0. The third-order valence-electron chi connectivity index (χ3n) is 9.84. The molecule has 412 valence electrons. The van der Waals surface area contributed by atoms with E-state index in [0.29, 0.717) is 0 Å². The van der Waals surface area contributed by atoms with E-state index >= 15 is 0 Å². The Balaban J connectivity index is -0.0000000975. The van der Waals surface area contributed by atoms with E-state index in [9.17, 15) is 0 Å².